The van der Waals surface area contributed by atoms with Gasteiger partial charge >= 0.3 is 0 Å². The van der Waals surface area contributed by atoms with Crippen molar-refractivity contribution < 1.29 is 13.9 Å². The van der Waals surface area contributed by atoms with Gasteiger partial charge in [-0.05, 0) is 48.4 Å². The van der Waals surface area contributed by atoms with Gasteiger partial charge in [-0.3, -0.25) is 9.48 Å². The number of carbonyl (C=O) groups excluding carboxylic acids is 1. The molecule has 1 amide bonds. The lowest BCUT2D eigenvalue weighted by molar-refractivity contribution is -0.117. The van der Waals surface area contributed by atoms with Crippen LogP contribution in [0.2, 0.25) is 0 Å². The summed E-state index contributed by atoms with van der Waals surface area (Å²) in [5, 5.41) is 11.2. The first-order chi connectivity index (χ1) is 17.9. The number of nitrogens with two attached hydrogens (primary N) is 1. The number of amides is 1. The van der Waals surface area contributed by atoms with Crippen molar-refractivity contribution in [2.75, 3.05) is 29.5 Å². The third kappa shape index (κ3) is 4.91. The van der Waals surface area contributed by atoms with Crippen LogP contribution in [0.1, 0.15) is 25.3 Å². The molecule has 3 aromatic heterocycles. The molecular formula is C27H30FN7O2. The van der Waals surface area contributed by atoms with Crippen molar-refractivity contribution >= 4 is 33.9 Å². The van der Waals surface area contributed by atoms with Crippen LogP contribution in [0.3, 0.4) is 0 Å². The maximum absolute atomic E-state index is 15.2. The summed E-state index contributed by atoms with van der Waals surface area (Å²) in [6.07, 6.45) is 8.66. The molecule has 10 heteroatoms. The molecular weight excluding hydrogens is 473 g/mol. The highest BCUT2D eigenvalue weighted by Gasteiger charge is 2.41. The maximum atomic E-state index is 15.2. The maximum Gasteiger partial charge on any atom is 0.237 e. The standard InChI is InChI=1S/C23H24FN5O2.C4H6N2/c1-3-12-6-14(12)22(30)29-18-8-13-7-15(19(24)20(25)17(13)10-27-18)16-9-28-23-21(11(16)2)26-4-5-31-23;1-6-4-2-3-5-6/h7-10,12,14,26H,3-6,25H2,1-2H3,(H,27,29,30);2-4H,1H3. The zero-order valence-electron chi connectivity index (χ0n) is 21.1. The zero-order valence-corrected chi connectivity index (χ0v) is 21.1. The summed E-state index contributed by atoms with van der Waals surface area (Å²) < 4.78 is 22.6. The van der Waals surface area contributed by atoms with Crippen molar-refractivity contribution in [3.63, 3.8) is 0 Å². The highest BCUT2D eigenvalue weighted by atomic mass is 19.1. The van der Waals surface area contributed by atoms with Gasteiger partial charge in [-0.1, -0.05) is 13.3 Å². The van der Waals surface area contributed by atoms with Crippen LogP contribution in [-0.4, -0.2) is 38.8 Å². The van der Waals surface area contributed by atoms with E-state index in [0.717, 1.165) is 24.1 Å². The number of nitrogens with zero attached hydrogens (tertiary/aromatic N) is 4. The molecule has 4 heterocycles. The van der Waals surface area contributed by atoms with Crippen LogP contribution in [0.15, 0.2) is 43.0 Å². The molecule has 1 saturated carbocycles. The molecule has 2 unspecified atom stereocenters. The van der Waals surface area contributed by atoms with Gasteiger partial charge in [-0.2, -0.15) is 5.10 Å². The summed E-state index contributed by atoms with van der Waals surface area (Å²) in [6, 6.07) is 5.35. The fourth-order valence-corrected chi connectivity index (χ4v) is 4.64. The van der Waals surface area contributed by atoms with Gasteiger partial charge in [0, 0.05) is 60.8 Å². The predicted molar refractivity (Wildman–Crippen MR) is 142 cm³/mol. The van der Waals surface area contributed by atoms with E-state index in [-0.39, 0.29) is 17.5 Å². The summed E-state index contributed by atoms with van der Waals surface area (Å²) in [4.78, 5) is 21.0. The topological polar surface area (TPSA) is 120 Å². The first kappa shape index (κ1) is 24.5. The lowest BCUT2D eigenvalue weighted by Gasteiger charge is -2.22. The van der Waals surface area contributed by atoms with Crippen LogP contribution in [0, 0.1) is 24.6 Å². The van der Waals surface area contributed by atoms with Crippen LogP contribution in [-0.2, 0) is 11.8 Å². The van der Waals surface area contributed by atoms with Gasteiger partial charge in [0.1, 0.15) is 18.1 Å². The number of anilines is 3. The minimum Gasteiger partial charge on any atom is -0.474 e. The smallest absolute Gasteiger partial charge is 0.237 e. The quantitative estimate of drug-likeness (QED) is 0.350. The van der Waals surface area contributed by atoms with Gasteiger partial charge < -0.3 is 21.1 Å². The Labute approximate surface area is 214 Å². The SMILES string of the molecule is CCC1CC1C(=O)Nc1cc2cc(-c3cnc4c(c3C)NCCO4)c(F)c(N)c2cn1.Cn1cccn1. The molecule has 2 aliphatic rings. The second-order valence-electron chi connectivity index (χ2n) is 9.37. The zero-order chi connectivity index (χ0) is 26.1. The van der Waals surface area contributed by atoms with Gasteiger partial charge in [0.05, 0.1) is 5.69 Å². The van der Waals surface area contributed by atoms with E-state index in [0.29, 0.717) is 52.7 Å². The highest BCUT2D eigenvalue weighted by molar-refractivity contribution is 6.00. The Kier molecular flexibility index (Phi) is 6.64. The number of pyridine rings is 2. The Morgan fingerprint density at radius 2 is 2.14 bits per heavy atom. The highest BCUT2D eigenvalue weighted by Crippen LogP contribution is 2.42. The van der Waals surface area contributed by atoms with Crippen molar-refractivity contribution in [3.8, 4) is 17.0 Å². The number of carbonyl (C=O) groups is 1. The molecule has 9 nitrogen and oxygen atoms in total. The summed E-state index contributed by atoms with van der Waals surface area (Å²) in [6.45, 7) is 5.19. The van der Waals surface area contributed by atoms with Crippen LogP contribution in [0.5, 0.6) is 5.88 Å². The number of rotatable bonds is 4. The monoisotopic (exact) mass is 503 g/mol. The molecule has 2 atom stereocenters. The van der Waals surface area contributed by atoms with Gasteiger partial charge in [-0.25, -0.2) is 14.4 Å². The number of aromatic nitrogens is 4. The molecule has 0 spiro atoms. The average molecular weight is 504 g/mol. The number of nitrogen functional groups attached to an aromatic ring is 1. The second kappa shape index (κ2) is 10.0. The summed E-state index contributed by atoms with van der Waals surface area (Å²) in [5.74, 6) is 0.920. The van der Waals surface area contributed by atoms with Crippen molar-refractivity contribution in [1.82, 2.24) is 19.7 Å². The van der Waals surface area contributed by atoms with Gasteiger partial charge in [0.15, 0.2) is 5.82 Å². The largest absolute Gasteiger partial charge is 0.474 e. The van der Waals surface area contributed by atoms with Crippen LogP contribution in [0.4, 0.5) is 21.6 Å². The number of benzene rings is 1. The molecule has 0 bridgehead atoms. The molecule has 1 aromatic carbocycles. The van der Waals surface area contributed by atoms with Gasteiger partial charge in [-0.15, -0.1) is 0 Å². The third-order valence-electron chi connectivity index (χ3n) is 6.91. The third-order valence-corrected chi connectivity index (χ3v) is 6.91. The molecule has 37 heavy (non-hydrogen) atoms. The fourth-order valence-electron chi connectivity index (χ4n) is 4.64. The Balaban J connectivity index is 0.000000412. The van der Waals surface area contributed by atoms with E-state index in [9.17, 15) is 4.79 Å². The molecule has 0 radical (unpaired) electrons. The van der Waals surface area contributed by atoms with E-state index in [1.54, 1.807) is 29.2 Å². The Hall–Kier alpha value is -4.21. The van der Waals surface area contributed by atoms with E-state index in [2.05, 4.69) is 32.6 Å². The second-order valence-corrected chi connectivity index (χ2v) is 9.37. The molecule has 4 aromatic rings. The summed E-state index contributed by atoms with van der Waals surface area (Å²) in [7, 11) is 1.89. The minimum atomic E-state index is -0.517. The first-order valence-corrected chi connectivity index (χ1v) is 12.4. The van der Waals surface area contributed by atoms with Gasteiger partial charge in [0.2, 0.25) is 11.8 Å². The molecule has 4 N–H and O–H groups in total. The van der Waals surface area contributed by atoms with E-state index < -0.39 is 5.82 Å². The molecule has 192 valence electrons. The molecule has 0 saturated heterocycles. The van der Waals surface area contributed by atoms with E-state index in [4.69, 9.17) is 10.5 Å². The normalized spacial score (nSPS) is 17.6. The van der Waals surface area contributed by atoms with Crippen LogP contribution >= 0.6 is 0 Å². The number of ether oxygens (including phenoxy) is 1. The van der Waals surface area contributed by atoms with Crippen LogP contribution in [0.25, 0.3) is 21.9 Å². The Bertz CT molecular complexity index is 1460. The Morgan fingerprint density at radius 3 is 2.81 bits per heavy atom. The van der Waals surface area contributed by atoms with Crippen molar-refractivity contribution in [3.05, 3.63) is 54.4 Å². The number of fused-ring (bicyclic) bond motifs is 2. The average Bonchev–Trinajstić information content (AvgIpc) is 3.56. The lowest BCUT2D eigenvalue weighted by atomic mass is 9.97. The van der Waals surface area contributed by atoms with Crippen molar-refractivity contribution in [2.45, 2.75) is 26.7 Å². The molecule has 1 aliphatic heterocycles. The molecule has 1 fully saturated rings. The summed E-state index contributed by atoms with van der Waals surface area (Å²) >= 11 is 0. The first-order valence-electron chi connectivity index (χ1n) is 12.4. The molecule has 6 rings (SSSR count). The minimum absolute atomic E-state index is 0.0187. The van der Waals surface area contributed by atoms with Crippen LogP contribution < -0.4 is 21.1 Å². The summed E-state index contributed by atoms with van der Waals surface area (Å²) in [5.41, 5.74) is 8.73. The van der Waals surface area contributed by atoms with Gasteiger partial charge in [0.25, 0.3) is 0 Å². The number of hydrogen-bond donors (Lipinski definition) is 3. The number of hydrogen-bond acceptors (Lipinski definition) is 7. The van der Waals surface area contributed by atoms with E-state index in [1.165, 1.54) is 6.20 Å². The number of halogens is 1. The van der Waals surface area contributed by atoms with E-state index in [1.807, 2.05) is 26.2 Å². The number of nitrogens with one attached hydrogen (secondary N) is 2. The predicted octanol–water partition coefficient (Wildman–Crippen LogP) is 4.54. The lowest BCUT2D eigenvalue weighted by Crippen LogP contribution is -2.20. The van der Waals surface area contributed by atoms with Crippen molar-refractivity contribution in [2.24, 2.45) is 18.9 Å². The number of aryl methyl sites for hydroxylation is 1. The fraction of sp³-hybridized carbons (Fsp3) is 0.333. The molecule has 1 aliphatic carbocycles. The Morgan fingerprint density at radius 1 is 1.30 bits per heavy atom. The van der Waals surface area contributed by atoms with Crippen molar-refractivity contribution in [1.29, 1.82) is 0 Å². The van der Waals surface area contributed by atoms with E-state index >= 15 is 4.39 Å².